The van der Waals surface area contributed by atoms with Crippen LogP contribution in [0.3, 0.4) is 0 Å². The number of rotatable bonds is 4. The van der Waals surface area contributed by atoms with Gasteiger partial charge in [-0.3, -0.25) is 4.79 Å². The van der Waals surface area contributed by atoms with Gasteiger partial charge in [-0.1, -0.05) is 35.5 Å². The summed E-state index contributed by atoms with van der Waals surface area (Å²) in [5, 5.41) is 6.76. The minimum atomic E-state index is -0.129. The lowest BCUT2D eigenvalue weighted by molar-refractivity contribution is -0.115. The summed E-state index contributed by atoms with van der Waals surface area (Å²) in [7, 11) is 0. The van der Waals surface area contributed by atoms with Crippen molar-refractivity contribution < 1.29 is 4.79 Å². The molecule has 7 heteroatoms. The fraction of sp³-hybridized carbons (Fsp3) is 0.200. The molecule has 0 bridgehead atoms. The zero-order valence-corrected chi connectivity index (χ0v) is 10.6. The van der Waals surface area contributed by atoms with Gasteiger partial charge >= 0.3 is 0 Å². The molecule has 5 N–H and O–H groups in total. The van der Waals surface area contributed by atoms with E-state index in [1.54, 1.807) is 24.3 Å². The first-order valence-corrected chi connectivity index (χ1v) is 6.20. The highest BCUT2D eigenvalue weighted by Gasteiger charge is 2.05. The van der Waals surface area contributed by atoms with Gasteiger partial charge in [0.05, 0.1) is 10.7 Å². The molecule has 0 fully saturated rings. The first kappa shape index (κ1) is 13.7. The summed E-state index contributed by atoms with van der Waals surface area (Å²) in [5.41, 5.74) is 5.97. The second-order valence-corrected chi connectivity index (χ2v) is 4.62. The molecule has 0 saturated heterocycles. The van der Waals surface area contributed by atoms with E-state index in [1.807, 2.05) is 0 Å². The Kier molecular flexibility index (Phi) is 5.65. The Morgan fingerprint density at radius 2 is 2.18 bits per heavy atom. The maximum Gasteiger partial charge on any atom is 0.225 e. The lowest BCUT2D eigenvalue weighted by Gasteiger charge is -2.06. The lowest BCUT2D eigenvalue weighted by Crippen LogP contribution is -2.15. The Labute approximate surface area is 109 Å². The van der Waals surface area contributed by atoms with E-state index in [1.165, 1.54) is 11.8 Å². The molecule has 92 valence electrons. The summed E-state index contributed by atoms with van der Waals surface area (Å²) in [6.07, 6.45) is 0.312. The second kappa shape index (κ2) is 7.03. The number of amidine groups is 1. The van der Waals surface area contributed by atoms with Crippen molar-refractivity contribution >= 4 is 40.1 Å². The third-order valence-corrected chi connectivity index (χ3v) is 2.99. The number of halogens is 1. The van der Waals surface area contributed by atoms with Crippen LogP contribution in [0.25, 0.3) is 0 Å². The van der Waals surface area contributed by atoms with Crippen LogP contribution in [-0.2, 0) is 4.79 Å². The molecule has 1 amide bonds. The van der Waals surface area contributed by atoms with E-state index in [4.69, 9.17) is 23.2 Å². The molecule has 0 unspecified atom stereocenters. The van der Waals surface area contributed by atoms with Crippen molar-refractivity contribution in [2.45, 2.75) is 6.42 Å². The normalized spacial score (nSPS) is 11.2. The van der Waals surface area contributed by atoms with E-state index >= 15 is 0 Å². The zero-order chi connectivity index (χ0) is 12.7. The summed E-state index contributed by atoms with van der Waals surface area (Å²) >= 11 is 7.13. The average molecular weight is 273 g/mol. The highest BCUT2D eigenvalue weighted by atomic mass is 35.5. The fourth-order valence-electron chi connectivity index (χ4n) is 1.06. The predicted molar refractivity (Wildman–Crippen MR) is 73.0 cm³/mol. The van der Waals surface area contributed by atoms with Gasteiger partial charge in [-0.25, -0.2) is 0 Å². The van der Waals surface area contributed by atoms with Crippen molar-refractivity contribution in [3.63, 3.8) is 0 Å². The molecule has 1 aromatic carbocycles. The molecule has 0 radical (unpaired) electrons. The number of amides is 1. The highest BCUT2D eigenvalue weighted by molar-refractivity contribution is 8.13. The van der Waals surface area contributed by atoms with Gasteiger partial charge in [0.15, 0.2) is 5.17 Å². The van der Waals surface area contributed by atoms with E-state index in [2.05, 4.69) is 10.4 Å². The van der Waals surface area contributed by atoms with E-state index < -0.39 is 0 Å². The Hall–Kier alpha value is -1.40. The molecule has 1 rings (SSSR count). The minimum Gasteiger partial charge on any atom is -0.377 e. The molecule has 0 atom stereocenters. The number of carbonyl (C=O) groups excluding carboxylic acids is 1. The molecule has 5 nitrogen and oxygen atoms in total. The number of hydrogen-bond donors (Lipinski definition) is 3. The van der Waals surface area contributed by atoms with Crippen molar-refractivity contribution in [1.82, 2.24) is 0 Å². The smallest absolute Gasteiger partial charge is 0.225 e. The number of nitrogens with two attached hydrogens (primary N) is 2. The third kappa shape index (κ3) is 4.97. The highest BCUT2D eigenvalue weighted by Crippen LogP contribution is 2.20. The van der Waals surface area contributed by atoms with Crippen molar-refractivity contribution in [2.24, 2.45) is 16.7 Å². The number of hydrogen-bond acceptors (Lipinski definition) is 4. The van der Waals surface area contributed by atoms with Gasteiger partial charge in [0.2, 0.25) is 5.91 Å². The Morgan fingerprint density at radius 3 is 2.82 bits per heavy atom. The number of carbonyl (C=O) groups is 1. The summed E-state index contributed by atoms with van der Waals surface area (Å²) < 4.78 is 0. The van der Waals surface area contributed by atoms with Crippen LogP contribution in [0.15, 0.2) is 29.4 Å². The van der Waals surface area contributed by atoms with Crippen LogP contribution in [0.2, 0.25) is 5.02 Å². The van der Waals surface area contributed by atoms with Crippen LogP contribution >= 0.6 is 23.4 Å². The van der Waals surface area contributed by atoms with Gasteiger partial charge in [0.1, 0.15) is 0 Å². The summed E-state index contributed by atoms with van der Waals surface area (Å²) in [4.78, 5) is 11.5. The van der Waals surface area contributed by atoms with Gasteiger partial charge in [0.25, 0.3) is 0 Å². The molecule has 0 aliphatic rings. The van der Waals surface area contributed by atoms with E-state index in [-0.39, 0.29) is 11.1 Å². The third-order valence-electron chi connectivity index (χ3n) is 1.85. The van der Waals surface area contributed by atoms with Crippen molar-refractivity contribution in [3.8, 4) is 0 Å². The van der Waals surface area contributed by atoms with Gasteiger partial charge in [-0.15, -0.1) is 0 Å². The minimum absolute atomic E-state index is 0.129. The largest absolute Gasteiger partial charge is 0.377 e. The van der Waals surface area contributed by atoms with Crippen LogP contribution in [-0.4, -0.2) is 16.8 Å². The van der Waals surface area contributed by atoms with Gasteiger partial charge < -0.3 is 16.9 Å². The van der Waals surface area contributed by atoms with Crippen LogP contribution in [0.4, 0.5) is 5.69 Å². The molecule has 0 aromatic heterocycles. The van der Waals surface area contributed by atoms with Crippen LogP contribution in [0.1, 0.15) is 6.42 Å². The SMILES string of the molecule is NN=C(N)SCCC(=O)Nc1ccccc1Cl. The Morgan fingerprint density at radius 1 is 1.47 bits per heavy atom. The van der Waals surface area contributed by atoms with Crippen molar-refractivity contribution in [1.29, 1.82) is 0 Å². The zero-order valence-electron chi connectivity index (χ0n) is 9.02. The van der Waals surface area contributed by atoms with Gasteiger partial charge in [0, 0.05) is 12.2 Å². The summed E-state index contributed by atoms with van der Waals surface area (Å²) in [6, 6.07) is 7.05. The standard InChI is InChI=1S/C10H13ClN4OS/c11-7-3-1-2-4-8(7)14-9(16)5-6-17-10(12)15-13/h1-4H,5-6,13H2,(H2,12,15)(H,14,16). The number of thioether (sulfide) groups is 1. The first-order chi connectivity index (χ1) is 8.13. The number of para-hydroxylation sites is 1. The number of benzene rings is 1. The molecule has 0 heterocycles. The summed E-state index contributed by atoms with van der Waals surface area (Å²) in [5.74, 6) is 5.34. The van der Waals surface area contributed by atoms with Crippen LogP contribution in [0.5, 0.6) is 0 Å². The molecule has 17 heavy (non-hydrogen) atoms. The Bertz CT molecular complexity index is 425. The lowest BCUT2D eigenvalue weighted by atomic mass is 10.3. The van der Waals surface area contributed by atoms with Crippen molar-refractivity contribution in [2.75, 3.05) is 11.1 Å². The molecular weight excluding hydrogens is 260 g/mol. The molecular formula is C10H13ClN4OS. The molecule has 0 spiro atoms. The molecule has 0 aliphatic carbocycles. The summed E-state index contributed by atoms with van der Waals surface area (Å²) in [6.45, 7) is 0. The second-order valence-electron chi connectivity index (χ2n) is 3.09. The van der Waals surface area contributed by atoms with Crippen LogP contribution in [0, 0.1) is 0 Å². The Balaban J connectivity index is 2.38. The van der Waals surface area contributed by atoms with E-state index in [0.717, 1.165) is 0 Å². The number of nitrogens with one attached hydrogen (secondary N) is 1. The van der Waals surface area contributed by atoms with Crippen LogP contribution < -0.4 is 16.9 Å². The molecule has 0 saturated carbocycles. The number of hydrazone groups is 1. The maximum atomic E-state index is 11.5. The monoisotopic (exact) mass is 272 g/mol. The number of nitrogens with zero attached hydrogens (tertiary/aromatic N) is 1. The number of anilines is 1. The van der Waals surface area contributed by atoms with E-state index in [0.29, 0.717) is 22.9 Å². The average Bonchev–Trinajstić information content (AvgIpc) is 2.32. The van der Waals surface area contributed by atoms with E-state index in [9.17, 15) is 4.79 Å². The molecule has 1 aromatic rings. The topological polar surface area (TPSA) is 93.5 Å². The van der Waals surface area contributed by atoms with Crippen molar-refractivity contribution in [3.05, 3.63) is 29.3 Å². The maximum absolute atomic E-state index is 11.5. The van der Waals surface area contributed by atoms with Gasteiger partial charge in [-0.05, 0) is 12.1 Å². The first-order valence-electron chi connectivity index (χ1n) is 4.84. The quantitative estimate of drug-likeness (QED) is 0.336. The fourth-order valence-corrected chi connectivity index (χ4v) is 1.81. The molecule has 0 aliphatic heterocycles. The predicted octanol–water partition coefficient (Wildman–Crippen LogP) is 1.59. The van der Waals surface area contributed by atoms with Gasteiger partial charge in [-0.2, -0.15) is 5.10 Å².